The highest BCUT2D eigenvalue weighted by atomic mass is 16.5. The molecule has 0 N–H and O–H groups in total. The van der Waals surface area contributed by atoms with E-state index in [1.807, 2.05) is 19.1 Å². The van der Waals surface area contributed by atoms with Gasteiger partial charge < -0.3 is 4.74 Å². The Morgan fingerprint density at radius 1 is 1.05 bits per heavy atom. The maximum Gasteiger partial charge on any atom is 0.225 e. The number of methoxy groups -OCH3 is 1. The largest absolute Gasteiger partial charge is 0.480 e. The molecule has 4 rings (SSSR count). The third-order valence-electron chi connectivity index (χ3n) is 4.40. The number of aromatic nitrogens is 2. The number of benzene rings is 1. The van der Waals surface area contributed by atoms with Crippen LogP contribution in [-0.2, 0) is 0 Å². The first-order valence-corrected chi connectivity index (χ1v) is 7.10. The van der Waals surface area contributed by atoms with Crippen LogP contribution in [-0.4, -0.2) is 22.9 Å². The van der Waals surface area contributed by atoms with Crippen molar-refractivity contribution in [3.63, 3.8) is 0 Å². The Morgan fingerprint density at radius 3 is 2.64 bits per heavy atom. The molecule has 1 aliphatic carbocycles. The van der Waals surface area contributed by atoms with Crippen LogP contribution in [0, 0.1) is 13.8 Å². The average Bonchev–Trinajstić information content (AvgIpc) is 2.85. The van der Waals surface area contributed by atoms with E-state index in [2.05, 4.69) is 23.0 Å². The first kappa shape index (κ1) is 13.0. The van der Waals surface area contributed by atoms with E-state index < -0.39 is 0 Å². The van der Waals surface area contributed by atoms with Gasteiger partial charge in [0.2, 0.25) is 11.7 Å². The molecular formula is C18H14N2O2. The third kappa shape index (κ3) is 1.49. The average molecular weight is 290 g/mol. The van der Waals surface area contributed by atoms with E-state index in [1.54, 1.807) is 19.5 Å². The van der Waals surface area contributed by atoms with E-state index in [0.717, 1.165) is 27.6 Å². The lowest BCUT2D eigenvalue weighted by atomic mass is 9.97. The molecule has 0 atom stereocenters. The molecule has 4 heteroatoms. The van der Waals surface area contributed by atoms with Crippen LogP contribution in [0.2, 0.25) is 0 Å². The van der Waals surface area contributed by atoms with E-state index in [9.17, 15) is 4.79 Å². The third-order valence-corrected chi connectivity index (χ3v) is 4.40. The summed E-state index contributed by atoms with van der Waals surface area (Å²) in [6.45, 7) is 4.10. The van der Waals surface area contributed by atoms with E-state index in [-0.39, 0.29) is 5.78 Å². The first-order chi connectivity index (χ1) is 10.6. The van der Waals surface area contributed by atoms with Crippen LogP contribution in [0.1, 0.15) is 27.0 Å². The summed E-state index contributed by atoms with van der Waals surface area (Å²) in [4.78, 5) is 21.4. The van der Waals surface area contributed by atoms with Crippen molar-refractivity contribution in [2.45, 2.75) is 13.8 Å². The lowest BCUT2D eigenvalue weighted by molar-refractivity contribution is 0.104. The maximum atomic E-state index is 12.7. The molecule has 0 fully saturated rings. The summed E-state index contributed by atoms with van der Waals surface area (Å²) >= 11 is 0. The van der Waals surface area contributed by atoms with Crippen molar-refractivity contribution < 1.29 is 9.53 Å². The van der Waals surface area contributed by atoms with Crippen molar-refractivity contribution in [2.75, 3.05) is 7.11 Å². The number of ketones is 1. The second-order valence-electron chi connectivity index (χ2n) is 5.53. The molecule has 0 amide bonds. The summed E-state index contributed by atoms with van der Waals surface area (Å²) in [6.07, 6.45) is 3.32. The normalized spacial score (nSPS) is 12.4. The Kier molecular flexibility index (Phi) is 2.57. The van der Waals surface area contributed by atoms with Gasteiger partial charge in [0.25, 0.3) is 0 Å². The fraction of sp³-hybridized carbons (Fsp3) is 0.167. The highest BCUT2D eigenvalue weighted by Crippen LogP contribution is 2.44. The Labute approximate surface area is 127 Å². The lowest BCUT2D eigenvalue weighted by Crippen LogP contribution is -2.02. The minimum atomic E-state index is -0.0671. The van der Waals surface area contributed by atoms with E-state index in [1.165, 1.54) is 5.56 Å². The number of aryl methyl sites for hydroxylation is 2. The Morgan fingerprint density at radius 2 is 1.86 bits per heavy atom. The molecule has 2 heterocycles. The summed E-state index contributed by atoms with van der Waals surface area (Å²) in [5, 5.41) is 0.984. The summed E-state index contributed by atoms with van der Waals surface area (Å²) in [7, 11) is 1.55. The van der Waals surface area contributed by atoms with Gasteiger partial charge in [-0.15, -0.1) is 0 Å². The van der Waals surface area contributed by atoms with Crippen molar-refractivity contribution >= 4 is 16.7 Å². The van der Waals surface area contributed by atoms with Crippen LogP contribution >= 0.6 is 0 Å². The summed E-state index contributed by atoms with van der Waals surface area (Å²) in [5.41, 5.74) is 6.13. The number of rotatable bonds is 1. The maximum absolute atomic E-state index is 12.7. The highest BCUT2D eigenvalue weighted by molar-refractivity contribution is 6.26. The molecule has 108 valence electrons. The zero-order valence-corrected chi connectivity index (χ0v) is 12.6. The smallest absolute Gasteiger partial charge is 0.225 e. The standard InChI is InChI=1S/C18H14N2O2/c1-9-4-5-12-14-11-6-7-19-8-13(11)17(21)15(14)18(22-3)20-16(12)10(9)2/h4-8H,1-3H3. The number of hydrogen-bond donors (Lipinski definition) is 0. The zero-order chi connectivity index (χ0) is 15.4. The second kappa shape index (κ2) is 4.37. The van der Waals surface area contributed by atoms with Gasteiger partial charge in [0, 0.05) is 28.9 Å². The number of nitrogens with zero attached hydrogens (tertiary/aromatic N) is 2. The summed E-state index contributed by atoms with van der Waals surface area (Å²) < 4.78 is 5.41. The van der Waals surface area contributed by atoms with Crippen molar-refractivity contribution in [3.8, 4) is 17.0 Å². The highest BCUT2D eigenvalue weighted by Gasteiger charge is 2.33. The minimum absolute atomic E-state index is 0.0671. The molecule has 4 nitrogen and oxygen atoms in total. The fourth-order valence-corrected chi connectivity index (χ4v) is 3.11. The number of pyridine rings is 2. The van der Waals surface area contributed by atoms with Crippen molar-refractivity contribution in [2.24, 2.45) is 0 Å². The van der Waals surface area contributed by atoms with Crippen molar-refractivity contribution in [1.82, 2.24) is 9.97 Å². The van der Waals surface area contributed by atoms with E-state index >= 15 is 0 Å². The second-order valence-corrected chi connectivity index (χ2v) is 5.53. The lowest BCUT2D eigenvalue weighted by Gasteiger charge is -2.12. The molecule has 22 heavy (non-hydrogen) atoms. The van der Waals surface area contributed by atoms with E-state index in [4.69, 9.17) is 4.74 Å². The van der Waals surface area contributed by atoms with Crippen LogP contribution in [0.25, 0.3) is 22.0 Å². The molecule has 0 saturated carbocycles. The molecule has 0 unspecified atom stereocenters. The van der Waals surface area contributed by atoms with Crippen LogP contribution in [0.3, 0.4) is 0 Å². The van der Waals surface area contributed by atoms with Gasteiger partial charge in [-0.05, 0) is 36.6 Å². The molecule has 3 aromatic rings. The summed E-state index contributed by atoms with van der Waals surface area (Å²) in [5.74, 6) is 0.319. The molecule has 0 radical (unpaired) electrons. The SMILES string of the molecule is COc1nc2c(C)c(C)ccc2c2c1C(=O)c1cnccc1-2. The topological polar surface area (TPSA) is 52.1 Å². The predicted molar refractivity (Wildman–Crippen MR) is 84.4 cm³/mol. The van der Waals surface area contributed by atoms with Crippen LogP contribution in [0.5, 0.6) is 5.88 Å². The van der Waals surface area contributed by atoms with Gasteiger partial charge in [0.15, 0.2) is 0 Å². The zero-order valence-electron chi connectivity index (χ0n) is 12.6. The fourth-order valence-electron chi connectivity index (χ4n) is 3.11. The molecule has 2 aromatic heterocycles. The quantitative estimate of drug-likeness (QED) is 0.538. The van der Waals surface area contributed by atoms with Crippen molar-refractivity contribution in [1.29, 1.82) is 0 Å². The van der Waals surface area contributed by atoms with Crippen LogP contribution < -0.4 is 4.74 Å². The van der Waals surface area contributed by atoms with Crippen molar-refractivity contribution in [3.05, 3.63) is 52.8 Å². The van der Waals surface area contributed by atoms with Gasteiger partial charge in [-0.1, -0.05) is 12.1 Å². The summed E-state index contributed by atoms with van der Waals surface area (Å²) in [6, 6.07) is 5.98. The Hall–Kier alpha value is -2.75. The molecule has 1 aromatic carbocycles. The Bertz CT molecular complexity index is 961. The number of fused-ring (bicyclic) bond motifs is 5. The molecule has 1 aliphatic rings. The Balaban J connectivity index is 2.24. The molecule has 0 saturated heterocycles. The van der Waals surface area contributed by atoms with Gasteiger partial charge in [-0.25, -0.2) is 4.98 Å². The number of ether oxygens (including phenoxy) is 1. The number of carbonyl (C=O) groups excluding carboxylic acids is 1. The molecule has 0 bridgehead atoms. The van der Waals surface area contributed by atoms with Gasteiger partial charge in [0.05, 0.1) is 18.2 Å². The van der Waals surface area contributed by atoms with Gasteiger partial charge in [-0.2, -0.15) is 0 Å². The molecular weight excluding hydrogens is 276 g/mol. The monoisotopic (exact) mass is 290 g/mol. The van der Waals surface area contributed by atoms with Gasteiger partial charge >= 0.3 is 0 Å². The first-order valence-electron chi connectivity index (χ1n) is 7.10. The van der Waals surface area contributed by atoms with Gasteiger partial charge in [-0.3, -0.25) is 9.78 Å². The number of hydrogen-bond acceptors (Lipinski definition) is 4. The molecule has 0 spiro atoms. The van der Waals surface area contributed by atoms with E-state index in [0.29, 0.717) is 17.0 Å². The molecule has 0 aliphatic heterocycles. The number of carbonyl (C=O) groups is 1. The van der Waals surface area contributed by atoms with Crippen LogP contribution in [0.15, 0.2) is 30.6 Å². The van der Waals surface area contributed by atoms with Gasteiger partial charge in [0.1, 0.15) is 0 Å². The van der Waals surface area contributed by atoms with Crippen LogP contribution in [0.4, 0.5) is 0 Å². The minimum Gasteiger partial charge on any atom is -0.480 e. The predicted octanol–water partition coefficient (Wildman–Crippen LogP) is 3.47.